The number of rotatable bonds is 6. The molecule has 2 aromatic rings. The van der Waals surface area contributed by atoms with Crippen LogP contribution in [-0.2, 0) is 14.8 Å². The van der Waals surface area contributed by atoms with E-state index in [4.69, 9.17) is 11.6 Å². The van der Waals surface area contributed by atoms with Crippen LogP contribution in [0.3, 0.4) is 0 Å². The van der Waals surface area contributed by atoms with Crippen molar-refractivity contribution in [3.63, 3.8) is 0 Å². The average molecular weight is 424 g/mol. The molecule has 2 N–H and O–H groups in total. The number of nitrogens with zero attached hydrogens (tertiary/aromatic N) is 1. The Hall–Kier alpha value is -2.42. The third-order valence-corrected chi connectivity index (χ3v) is 5.96. The highest BCUT2D eigenvalue weighted by Gasteiger charge is 2.21. The van der Waals surface area contributed by atoms with Crippen molar-refractivity contribution in [1.82, 2.24) is 9.62 Å². The van der Waals surface area contributed by atoms with Gasteiger partial charge in [0.25, 0.3) is 5.91 Å². The smallest absolute Gasteiger partial charge is 0.255 e. The minimum atomic E-state index is -3.73. The minimum absolute atomic E-state index is 0.000337. The van der Waals surface area contributed by atoms with E-state index in [2.05, 4.69) is 10.0 Å². The first-order valence-corrected chi connectivity index (χ1v) is 10.3. The third kappa shape index (κ3) is 4.89. The van der Waals surface area contributed by atoms with E-state index in [1.54, 1.807) is 0 Å². The molecule has 0 radical (unpaired) electrons. The van der Waals surface area contributed by atoms with Gasteiger partial charge in [0.05, 0.1) is 22.0 Å². The molecular weight excluding hydrogens is 402 g/mol. The van der Waals surface area contributed by atoms with Crippen LogP contribution in [0.1, 0.15) is 21.5 Å². The van der Waals surface area contributed by atoms with E-state index in [-0.39, 0.29) is 27.9 Å². The highest BCUT2D eigenvalue weighted by atomic mass is 35.5. The molecule has 2 amide bonds. The molecule has 2 aromatic carbocycles. The van der Waals surface area contributed by atoms with Gasteiger partial charge in [-0.3, -0.25) is 9.59 Å². The Morgan fingerprint density at radius 1 is 1.11 bits per heavy atom. The summed E-state index contributed by atoms with van der Waals surface area (Å²) in [6.07, 6.45) is 0. The summed E-state index contributed by atoms with van der Waals surface area (Å²) in [6.45, 7) is 3.54. The Kier molecular flexibility index (Phi) is 6.82. The Morgan fingerprint density at radius 3 is 2.29 bits per heavy atom. The van der Waals surface area contributed by atoms with Crippen molar-refractivity contribution < 1.29 is 18.0 Å². The lowest BCUT2D eigenvalue weighted by molar-refractivity contribution is -0.116. The number of carbonyl (C=O) groups excluding carboxylic acids is 2. The van der Waals surface area contributed by atoms with Crippen molar-refractivity contribution in [2.24, 2.45) is 0 Å². The summed E-state index contributed by atoms with van der Waals surface area (Å²) in [5.74, 6) is -0.932. The highest BCUT2D eigenvalue weighted by molar-refractivity contribution is 7.89. The van der Waals surface area contributed by atoms with Gasteiger partial charge in [0.1, 0.15) is 0 Å². The van der Waals surface area contributed by atoms with E-state index in [0.717, 1.165) is 11.1 Å². The largest absolute Gasteiger partial charge is 0.332 e. The molecule has 2 rings (SSSR count). The molecule has 0 bridgehead atoms. The second-order valence-corrected chi connectivity index (χ2v) is 8.62. The number of hydrogen-bond donors (Lipinski definition) is 2. The van der Waals surface area contributed by atoms with Gasteiger partial charge in [-0.1, -0.05) is 29.8 Å². The van der Waals surface area contributed by atoms with E-state index in [1.165, 1.54) is 37.2 Å². The van der Waals surface area contributed by atoms with Crippen molar-refractivity contribution in [3.8, 4) is 0 Å². The molecule has 0 atom stereocenters. The summed E-state index contributed by atoms with van der Waals surface area (Å²) in [5.41, 5.74) is 2.53. The Morgan fingerprint density at radius 2 is 1.71 bits per heavy atom. The number of carbonyl (C=O) groups is 2. The molecule has 0 aliphatic heterocycles. The first kappa shape index (κ1) is 21.9. The maximum Gasteiger partial charge on any atom is 0.255 e. The van der Waals surface area contributed by atoms with Crippen molar-refractivity contribution in [2.45, 2.75) is 18.7 Å². The van der Waals surface area contributed by atoms with Crippen molar-refractivity contribution in [1.29, 1.82) is 0 Å². The number of sulfonamides is 1. The molecule has 0 heterocycles. The second kappa shape index (κ2) is 8.72. The van der Waals surface area contributed by atoms with Crippen molar-refractivity contribution in [3.05, 3.63) is 58.1 Å². The van der Waals surface area contributed by atoms with E-state index in [0.29, 0.717) is 5.69 Å². The predicted octanol–water partition coefficient (Wildman–Crippen LogP) is 2.58. The summed E-state index contributed by atoms with van der Waals surface area (Å²) in [6, 6.07) is 9.48. The fourth-order valence-corrected chi connectivity index (χ4v) is 3.59. The molecule has 28 heavy (non-hydrogen) atoms. The Labute approximate surface area is 169 Å². The number of hydrogen-bond acceptors (Lipinski definition) is 4. The molecule has 0 unspecified atom stereocenters. The second-order valence-electron chi connectivity index (χ2n) is 6.33. The van der Waals surface area contributed by atoms with Crippen LogP contribution < -0.4 is 10.0 Å². The van der Waals surface area contributed by atoms with Gasteiger partial charge in [0.2, 0.25) is 15.9 Å². The maximum absolute atomic E-state index is 12.7. The molecule has 0 aliphatic carbocycles. The van der Waals surface area contributed by atoms with Gasteiger partial charge in [0, 0.05) is 12.7 Å². The number of aryl methyl sites for hydroxylation is 2. The molecule has 150 valence electrons. The quantitative estimate of drug-likeness (QED) is 0.746. The number of halogens is 1. The molecule has 7 nitrogen and oxygen atoms in total. The van der Waals surface area contributed by atoms with Crippen LogP contribution in [-0.4, -0.2) is 45.8 Å². The van der Waals surface area contributed by atoms with Crippen LogP contribution in [0.5, 0.6) is 0 Å². The molecule has 0 saturated carbocycles. The van der Waals surface area contributed by atoms with Gasteiger partial charge in [-0.2, -0.15) is 0 Å². The van der Waals surface area contributed by atoms with E-state index in [9.17, 15) is 18.0 Å². The van der Waals surface area contributed by atoms with Crippen LogP contribution in [0.4, 0.5) is 5.69 Å². The normalized spacial score (nSPS) is 11.2. The average Bonchev–Trinajstić information content (AvgIpc) is 2.64. The number of para-hydroxylation sites is 1. The Bertz CT molecular complexity index is 1000. The zero-order chi connectivity index (χ0) is 21.1. The summed E-state index contributed by atoms with van der Waals surface area (Å²) in [4.78, 5) is 26.2. The van der Waals surface area contributed by atoms with Gasteiger partial charge >= 0.3 is 0 Å². The highest BCUT2D eigenvalue weighted by Crippen LogP contribution is 2.22. The van der Waals surface area contributed by atoms with Crippen LogP contribution in [0.15, 0.2) is 41.3 Å². The topological polar surface area (TPSA) is 95.6 Å². The summed E-state index contributed by atoms with van der Waals surface area (Å²) >= 11 is 6.07. The van der Waals surface area contributed by atoms with Crippen LogP contribution in [0.25, 0.3) is 0 Å². The van der Waals surface area contributed by atoms with Crippen molar-refractivity contribution in [2.75, 3.05) is 26.0 Å². The first-order valence-electron chi connectivity index (χ1n) is 8.41. The molecule has 9 heteroatoms. The lowest BCUT2D eigenvalue weighted by Crippen LogP contribution is -2.35. The fraction of sp³-hybridized carbons (Fsp3) is 0.263. The lowest BCUT2D eigenvalue weighted by Gasteiger charge is -2.19. The van der Waals surface area contributed by atoms with Crippen LogP contribution in [0.2, 0.25) is 5.02 Å². The number of amides is 2. The van der Waals surface area contributed by atoms with E-state index < -0.39 is 15.9 Å². The number of nitrogens with one attached hydrogen (secondary N) is 2. The molecular formula is C19H22ClN3O4S. The standard InChI is InChI=1S/C19H22ClN3O4S/c1-12-6-5-7-13(2)18(12)22-17(24)11-23(4)19(25)15-10-14(8-9-16(15)20)28(26,27)21-3/h5-10,21H,11H2,1-4H3,(H,22,24). The maximum atomic E-state index is 12.7. The third-order valence-electron chi connectivity index (χ3n) is 4.22. The van der Waals surface area contributed by atoms with Gasteiger partial charge < -0.3 is 10.2 Å². The number of likely N-dealkylation sites (N-methyl/N-ethyl adjacent to an activating group) is 1. The summed E-state index contributed by atoms with van der Waals surface area (Å²) in [7, 11) is -1.01. The molecule has 0 spiro atoms. The van der Waals surface area contributed by atoms with Gasteiger partial charge in [-0.25, -0.2) is 13.1 Å². The lowest BCUT2D eigenvalue weighted by atomic mass is 10.1. The molecule has 0 aromatic heterocycles. The van der Waals surface area contributed by atoms with Crippen molar-refractivity contribution >= 4 is 39.1 Å². The molecule has 0 fully saturated rings. The zero-order valence-electron chi connectivity index (χ0n) is 16.0. The van der Waals surface area contributed by atoms with Crippen LogP contribution in [0, 0.1) is 13.8 Å². The van der Waals surface area contributed by atoms with E-state index in [1.807, 2.05) is 32.0 Å². The van der Waals surface area contributed by atoms with E-state index >= 15 is 0 Å². The minimum Gasteiger partial charge on any atom is -0.332 e. The van der Waals surface area contributed by atoms with Gasteiger partial charge in [0.15, 0.2) is 0 Å². The monoisotopic (exact) mass is 423 g/mol. The predicted molar refractivity (Wildman–Crippen MR) is 109 cm³/mol. The number of anilines is 1. The Balaban J connectivity index is 2.19. The van der Waals surface area contributed by atoms with Crippen LogP contribution >= 0.6 is 11.6 Å². The first-order chi connectivity index (χ1) is 13.1. The summed E-state index contributed by atoms with van der Waals surface area (Å²) in [5, 5.41) is 2.90. The number of benzene rings is 2. The SMILES string of the molecule is CNS(=O)(=O)c1ccc(Cl)c(C(=O)N(C)CC(=O)Nc2c(C)cccc2C)c1. The fourth-order valence-electron chi connectivity index (χ4n) is 2.64. The zero-order valence-corrected chi connectivity index (χ0v) is 17.6. The molecule has 0 saturated heterocycles. The van der Waals surface area contributed by atoms with Gasteiger partial charge in [-0.15, -0.1) is 0 Å². The summed E-state index contributed by atoms with van der Waals surface area (Å²) < 4.78 is 26.1. The molecule has 0 aliphatic rings. The van der Waals surface area contributed by atoms with Gasteiger partial charge in [-0.05, 0) is 50.2 Å².